The molecule has 0 saturated heterocycles. The molecule has 3 aromatic carbocycles. The van der Waals surface area contributed by atoms with Crippen LogP contribution in [0.1, 0.15) is 94.5 Å². The Morgan fingerprint density at radius 3 is 2.16 bits per heavy atom. The maximum Gasteiger partial charge on any atom is 0.408 e. The number of aryl methyl sites for hydroxylation is 2. The summed E-state index contributed by atoms with van der Waals surface area (Å²) in [4.78, 5) is 43.7. The molecule has 45 heavy (non-hydrogen) atoms. The monoisotopic (exact) mass is 613 g/mol. The molecule has 3 rings (SSSR count). The maximum absolute atomic E-state index is 14.7. The Labute approximate surface area is 269 Å². The van der Waals surface area contributed by atoms with E-state index in [0.717, 1.165) is 54.4 Å². The summed E-state index contributed by atoms with van der Waals surface area (Å²) in [7, 11) is 0. The number of nitrogens with zero attached hydrogens (tertiary/aromatic N) is 1. The lowest BCUT2D eigenvalue weighted by Crippen LogP contribution is -2.53. The minimum absolute atomic E-state index is 0.256. The smallest absolute Gasteiger partial charge is 0.408 e. The van der Waals surface area contributed by atoms with E-state index in [0.29, 0.717) is 12.2 Å². The zero-order chi connectivity index (χ0) is 32.8. The first kappa shape index (κ1) is 35.4. The number of hydrogen-bond donors (Lipinski definition) is 2. The Bertz CT molecular complexity index is 1380. The van der Waals surface area contributed by atoms with Gasteiger partial charge < -0.3 is 20.3 Å². The van der Waals surface area contributed by atoms with E-state index in [1.54, 1.807) is 25.7 Å². The van der Waals surface area contributed by atoms with Crippen molar-refractivity contribution < 1.29 is 19.1 Å². The molecule has 0 spiro atoms. The number of para-hydroxylation sites is 1. The molecule has 2 atom stereocenters. The molecule has 7 nitrogen and oxygen atoms in total. The quantitative estimate of drug-likeness (QED) is 0.169. The molecule has 3 amide bonds. The van der Waals surface area contributed by atoms with Crippen LogP contribution >= 0.6 is 0 Å². The SMILES string of the molecule is CCCCCCCCN(C(=O)C(Cc1ccccc1)NC(=O)OC(C)(C)C)C(C(=O)Nc1ccccc1C)c1cccc(C)c1. The lowest BCUT2D eigenvalue weighted by Gasteiger charge is -2.35. The van der Waals surface area contributed by atoms with Gasteiger partial charge in [0.15, 0.2) is 0 Å². The summed E-state index contributed by atoms with van der Waals surface area (Å²) in [6, 6.07) is 23.1. The molecule has 7 heteroatoms. The summed E-state index contributed by atoms with van der Waals surface area (Å²) >= 11 is 0. The predicted molar refractivity (Wildman–Crippen MR) is 182 cm³/mol. The molecule has 0 aliphatic heterocycles. The number of carbonyl (C=O) groups excluding carboxylic acids is 3. The van der Waals surface area contributed by atoms with Crippen molar-refractivity contribution in [3.8, 4) is 0 Å². The fraction of sp³-hybridized carbons (Fsp3) is 0.447. The second-order valence-electron chi connectivity index (χ2n) is 12.8. The van der Waals surface area contributed by atoms with E-state index >= 15 is 0 Å². The van der Waals surface area contributed by atoms with Gasteiger partial charge in [0.25, 0.3) is 5.91 Å². The minimum Gasteiger partial charge on any atom is -0.444 e. The molecule has 242 valence electrons. The number of alkyl carbamates (subject to hydrolysis) is 1. The lowest BCUT2D eigenvalue weighted by atomic mass is 9.98. The van der Waals surface area contributed by atoms with Gasteiger partial charge in [-0.2, -0.15) is 0 Å². The second kappa shape index (κ2) is 17.4. The molecule has 0 fully saturated rings. The summed E-state index contributed by atoms with van der Waals surface area (Å²) in [6.45, 7) is 11.8. The highest BCUT2D eigenvalue weighted by Crippen LogP contribution is 2.27. The van der Waals surface area contributed by atoms with Gasteiger partial charge in [0.2, 0.25) is 5.91 Å². The van der Waals surface area contributed by atoms with Gasteiger partial charge in [0.05, 0.1) is 0 Å². The van der Waals surface area contributed by atoms with Crippen LogP contribution in [0, 0.1) is 13.8 Å². The zero-order valence-electron chi connectivity index (χ0n) is 27.9. The third kappa shape index (κ3) is 11.7. The Morgan fingerprint density at radius 2 is 1.49 bits per heavy atom. The van der Waals surface area contributed by atoms with Crippen molar-refractivity contribution in [2.45, 2.75) is 104 Å². The van der Waals surface area contributed by atoms with Crippen molar-refractivity contribution in [2.24, 2.45) is 0 Å². The average Bonchev–Trinajstić information content (AvgIpc) is 2.98. The topological polar surface area (TPSA) is 87.7 Å². The number of benzene rings is 3. The first-order valence-corrected chi connectivity index (χ1v) is 16.3. The molecule has 0 aliphatic carbocycles. The van der Waals surface area contributed by atoms with Gasteiger partial charge in [0, 0.05) is 18.7 Å². The summed E-state index contributed by atoms with van der Waals surface area (Å²) < 4.78 is 5.57. The molecule has 0 bridgehead atoms. The van der Waals surface area contributed by atoms with Crippen LogP contribution in [0.4, 0.5) is 10.5 Å². The van der Waals surface area contributed by atoms with Crippen molar-refractivity contribution >= 4 is 23.6 Å². The maximum atomic E-state index is 14.7. The first-order chi connectivity index (χ1) is 21.5. The molecule has 0 radical (unpaired) electrons. The van der Waals surface area contributed by atoms with Crippen LogP contribution in [0.5, 0.6) is 0 Å². The normalized spacial score (nSPS) is 12.6. The van der Waals surface area contributed by atoms with E-state index in [2.05, 4.69) is 17.6 Å². The highest BCUT2D eigenvalue weighted by Gasteiger charge is 2.36. The van der Waals surface area contributed by atoms with Crippen LogP contribution < -0.4 is 10.6 Å². The van der Waals surface area contributed by atoms with Crippen LogP contribution in [0.2, 0.25) is 0 Å². The molecule has 0 heterocycles. The van der Waals surface area contributed by atoms with Crippen LogP contribution in [0.25, 0.3) is 0 Å². The summed E-state index contributed by atoms with van der Waals surface area (Å²) in [6.07, 6.45) is 5.77. The molecule has 2 unspecified atom stereocenters. The summed E-state index contributed by atoms with van der Waals surface area (Å²) in [5, 5.41) is 5.95. The predicted octanol–water partition coefficient (Wildman–Crippen LogP) is 8.31. The highest BCUT2D eigenvalue weighted by atomic mass is 16.6. The molecule has 2 N–H and O–H groups in total. The third-order valence-corrected chi connectivity index (χ3v) is 7.63. The number of rotatable bonds is 15. The Kier molecular flexibility index (Phi) is 13.7. The summed E-state index contributed by atoms with van der Waals surface area (Å²) in [5.41, 5.74) is 3.48. The van der Waals surface area contributed by atoms with Gasteiger partial charge in [-0.1, -0.05) is 117 Å². The van der Waals surface area contributed by atoms with E-state index in [4.69, 9.17) is 4.74 Å². The largest absolute Gasteiger partial charge is 0.444 e. The van der Waals surface area contributed by atoms with Crippen molar-refractivity contribution in [1.29, 1.82) is 0 Å². The first-order valence-electron chi connectivity index (χ1n) is 16.3. The van der Waals surface area contributed by atoms with Crippen molar-refractivity contribution in [3.05, 3.63) is 101 Å². The van der Waals surface area contributed by atoms with Crippen LogP contribution in [0.15, 0.2) is 78.9 Å². The fourth-order valence-corrected chi connectivity index (χ4v) is 5.36. The molecular weight excluding hydrogens is 562 g/mol. The second-order valence-corrected chi connectivity index (χ2v) is 12.8. The number of unbranched alkanes of at least 4 members (excludes halogenated alkanes) is 5. The third-order valence-electron chi connectivity index (χ3n) is 7.63. The number of nitrogens with one attached hydrogen (secondary N) is 2. The van der Waals surface area contributed by atoms with E-state index in [1.807, 2.05) is 92.7 Å². The van der Waals surface area contributed by atoms with E-state index in [9.17, 15) is 14.4 Å². The molecule has 0 saturated carbocycles. The lowest BCUT2D eigenvalue weighted by molar-refractivity contribution is -0.140. The molecule has 0 aromatic heterocycles. The van der Waals surface area contributed by atoms with Crippen molar-refractivity contribution in [2.75, 3.05) is 11.9 Å². The minimum atomic E-state index is -0.944. The number of carbonyl (C=O) groups is 3. The Morgan fingerprint density at radius 1 is 0.822 bits per heavy atom. The van der Waals surface area contributed by atoms with E-state index in [-0.39, 0.29) is 18.2 Å². The van der Waals surface area contributed by atoms with Crippen molar-refractivity contribution in [3.63, 3.8) is 0 Å². The fourth-order valence-electron chi connectivity index (χ4n) is 5.36. The highest BCUT2D eigenvalue weighted by molar-refractivity contribution is 5.99. The van der Waals surface area contributed by atoms with Gasteiger partial charge in [-0.3, -0.25) is 9.59 Å². The number of hydrogen-bond acceptors (Lipinski definition) is 4. The molecule has 0 aliphatic rings. The van der Waals surface area contributed by atoms with Crippen LogP contribution in [0.3, 0.4) is 0 Å². The van der Waals surface area contributed by atoms with Crippen LogP contribution in [-0.2, 0) is 20.7 Å². The van der Waals surface area contributed by atoms with Gasteiger partial charge in [-0.15, -0.1) is 0 Å². The standard InChI is InChI=1S/C38H51N3O4/c1-7-8-9-10-11-17-25-41(36(43)33(27-30-21-13-12-14-22-30)40-37(44)45-38(4,5)6)34(31-23-18-19-28(2)26-31)35(42)39-32-24-16-15-20-29(32)3/h12-16,18-24,26,33-34H,7-11,17,25,27H2,1-6H3,(H,39,42)(H,40,44). The van der Waals surface area contributed by atoms with Crippen LogP contribution in [-0.4, -0.2) is 41.0 Å². The average molecular weight is 614 g/mol. The molecular formula is C38H51N3O4. The number of ether oxygens (including phenoxy) is 1. The zero-order valence-corrected chi connectivity index (χ0v) is 27.9. The van der Waals surface area contributed by atoms with Gasteiger partial charge in [-0.25, -0.2) is 4.79 Å². The summed E-state index contributed by atoms with van der Waals surface area (Å²) in [5.74, 6) is -0.630. The van der Waals surface area contributed by atoms with E-state index in [1.165, 1.54) is 6.42 Å². The Balaban J connectivity index is 2.04. The number of amides is 3. The van der Waals surface area contributed by atoms with E-state index < -0.39 is 23.8 Å². The number of anilines is 1. The van der Waals surface area contributed by atoms with Gasteiger partial charge in [-0.05, 0) is 63.8 Å². The van der Waals surface area contributed by atoms with Gasteiger partial charge in [0.1, 0.15) is 17.7 Å². The van der Waals surface area contributed by atoms with Crippen molar-refractivity contribution in [1.82, 2.24) is 10.2 Å². The Hall–Kier alpha value is -4.13. The molecule has 3 aromatic rings. The van der Waals surface area contributed by atoms with Gasteiger partial charge >= 0.3 is 6.09 Å².